The Morgan fingerprint density at radius 1 is 0.943 bits per heavy atom. The summed E-state index contributed by atoms with van der Waals surface area (Å²) in [5, 5.41) is 14.6. The van der Waals surface area contributed by atoms with Crippen LogP contribution in [-0.2, 0) is 14.3 Å². The summed E-state index contributed by atoms with van der Waals surface area (Å²) in [4.78, 5) is 36.5. The van der Waals surface area contributed by atoms with Crippen LogP contribution in [0.25, 0.3) is 11.1 Å². The minimum absolute atomic E-state index is 0.0546. The van der Waals surface area contributed by atoms with Crippen molar-refractivity contribution in [3.63, 3.8) is 0 Å². The number of nitrogens with one attached hydrogen (secondary N) is 2. The SMILES string of the molecule is O=C(Nc1cccc(C(=O)NC2CCOC2C(=O)O)c1)OCC1c2ccccc2-c2ccccc21. The Morgan fingerprint density at radius 3 is 2.31 bits per heavy atom. The van der Waals surface area contributed by atoms with Crippen molar-refractivity contribution in [3.05, 3.63) is 89.5 Å². The molecular formula is C27H24N2O6. The number of anilines is 1. The topological polar surface area (TPSA) is 114 Å². The third-order valence-corrected chi connectivity index (χ3v) is 6.37. The minimum Gasteiger partial charge on any atom is -0.479 e. The van der Waals surface area contributed by atoms with Crippen LogP contribution >= 0.6 is 0 Å². The molecule has 2 aliphatic rings. The minimum atomic E-state index is -1.11. The zero-order valence-corrected chi connectivity index (χ0v) is 18.8. The third-order valence-electron chi connectivity index (χ3n) is 6.37. The zero-order valence-electron chi connectivity index (χ0n) is 18.8. The van der Waals surface area contributed by atoms with Crippen LogP contribution in [0.15, 0.2) is 72.8 Å². The van der Waals surface area contributed by atoms with E-state index >= 15 is 0 Å². The number of fused-ring (bicyclic) bond motifs is 3. The van der Waals surface area contributed by atoms with E-state index in [4.69, 9.17) is 9.47 Å². The maximum atomic E-state index is 12.6. The average molecular weight is 472 g/mol. The molecule has 2 amide bonds. The van der Waals surface area contributed by atoms with Gasteiger partial charge in [0.1, 0.15) is 6.61 Å². The molecule has 0 aromatic heterocycles. The van der Waals surface area contributed by atoms with Gasteiger partial charge in [-0.1, -0.05) is 54.6 Å². The number of aliphatic carboxylic acids is 1. The molecular weight excluding hydrogens is 448 g/mol. The maximum absolute atomic E-state index is 12.6. The van der Waals surface area contributed by atoms with Crippen molar-refractivity contribution in [2.24, 2.45) is 0 Å². The fraction of sp³-hybridized carbons (Fsp3) is 0.222. The van der Waals surface area contributed by atoms with Crippen LogP contribution in [-0.4, -0.2) is 48.4 Å². The summed E-state index contributed by atoms with van der Waals surface area (Å²) in [6.45, 7) is 0.448. The maximum Gasteiger partial charge on any atom is 0.411 e. The van der Waals surface area contributed by atoms with E-state index in [0.717, 1.165) is 22.3 Å². The largest absolute Gasteiger partial charge is 0.479 e. The van der Waals surface area contributed by atoms with E-state index in [1.54, 1.807) is 18.2 Å². The van der Waals surface area contributed by atoms with Crippen molar-refractivity contribution in [3.8, 4) is 11.1 Å². The van der Waals surface area contributed by atoms with Crippen molar-refractivity contribution < 1.29 is 29.0 Å². The van der Waals surface area contributed by atoms with Gasteiger partial charge in [0.25, 0.3) is 5.91 Å². The molecule has 5 rings (SSSR count). The molecule has 1 saturated heterocycles. The second kappa shape index (κ2) is 9.60. The molecule has 1 aliphatic heterocycles. The number of hydrogen-bond donors (Lipinski definition) is 3. The lowest BCUT2D eigenvalue weighted by molar-refractivity contribution is -0.148. The predicted molar refractivity (Wildman–Crippen MR) is 128 cm³/mol. The molecule has 0 bridgehead atoms. The monoisotopic (exact) mass is 472 g/mol. The Bertz CT molecular complexity index is 1240. The highest BCUT2D eigenvalue weighted by molar-refractivity contribution is 5.96. The first-order chi connectivity index (χ1) is 17.0. The highest BCUT2D eigenvalue weighted by atomic mass is 16.5. The van der Waals surface area contributed by atoms with Crippen molar-refractivity contribution in [2.75, 3.05) is 18.5 Å². The number of amides is 2. The van der Waals surface area contributed by atoms with Crippen molar-refractivity contribution in [1.29, 1.82) is 0 Å². The second-order valence-corrected chi connectivity index (χ2v) is 8.53. The van der Waals surface area contributed by atoms with Crippen molar-refractivity contribution >= 4 is 23.7 Å². The number of carboxylic acid groups (broad SMARTS) is 1. The molecule has 3 N–H and O–H groups in total. The van der Waals surface area contributed by atoms with Crippen LogP contribution in [0.4, 0.5) is 10.5 Å². The number of ether oxygens (including phenoxy) is 2. The molecule has 3 aromatic rings. The lowest BCUT2D eigenvalue weighted by Gasteiger charge is -2.17. The molecule has 1 heterocycles. The van der Waals surface area contributed by atoms with Gasteiger partial charge >= 0.3 is 12.1 Å². The summed E-state index contributed by atoms with van der Waals surface area (Å²) in [7, 11) is 0. The van der Waals surface area contributed by atoms with Gasteiger partial charge in [-0.05, 0) is 46.9 Å². The smallest absolute Gasteiger partial charge is 0.411 e. The van der Waals surface area contributed by atoms with Crippen LogP contribution in [0.2, 0.25) is 0 Å². The van der Waals surface area contributed by atoms with Crippen molar-refractivity contribution in [1.82, 2.24) is 5.32 Å². The first kappa shape index (κ1) is 22.6. The van der Waals surface area contributed by atoms with Crippen LogP contribution in [0, 0.1) is 0 Å². The van der Waals surface area contributed by atoms with Gasteiger partial charge in [-0.15, -0.1) is 0 Å². The fourth-order valence-corrected chi connectivity index (χ4v) is 4.72. The van der Waals surface area contributed by atoms with Crippen LogP contribution in [0.3, 0.4) is 0 Å². The molecule has 178 valence electrons. The van der Waals surface area contributed by atoms with Gasteiger partial charge in [0, 0.05) is 23.8 Å². The third kappa shape index (κ3) is 4.61. The van der Waals surface area contributed by atoms with E-state index in [0.29, 0.717) is 12.1 Å². The van der Waals surface area contributed by atoms with E-state index in [1.807, 2.05) is 36.4 Å². The Hall–Kier alpha value is -4.17. The lowest BCUT2D eigenvalue weighted by Crippen LogP contribution is -2.44. The van der Waals surface area contributed by atoms with Gasteiger partial charge in [-0.2, -0.15) is 0 Å². The van der Waals surface area contributed by atoms with Crippen molar-refractivity contribution in [2.45, 2.75) is 24.5 Å². The first-order valence-electron chi connectivity index (χ1n) is 11.4. The molecule has 2 atom stereocenters. The molecule has 1 aliphatic carbocycles. The van der Waals surface area contributed by atoms with Crippen LogP contribution < -0.4 is 10.6 Å². The van der Waals surface area contributed by atoms with Gasteiger partial charge < -0.3 is 19.9 Å². The van der Waals surface area contributed by atoms with E-state index in [9.17, 15) is 19.5 Å². The number of carboxylic acids is 1. The summed E-state index contributed by atoms with van der Waals surface area (Å²) in [5.74, 6) is -1.61. The Balaban J connectivity index is 1.22. The van der Waals surface area contributed by atoms with E-state index in [-0.39, 0.29) is 24.7 Å². The van der Waals surface area contributed by atoms with Crippen LogP contribution in [0.1, 0.15) is 33.8 Å². The van der Waals surface area contributed by atoms with Crippen LogP contribution in [0.5, 0.6) is 0 Å². The van der Waals surface area contributed by atoms with E-state index in [2.05, 4.69) is 22.8 Å². The van der Waals surface area contributed by atoms with E-state index < -0.39 is 30.1 Å². The highest BCUT2D eigenvalue weighted by Gasteiger charge is 2.35. The number of hydrogen-bond acceptors (Lipinski definition) is 5. The standard InChI is InChI=1S/C27H24N2O6/c30-25(29-23-12-13-34-24(23)26(31)32)16-6-5-7-17(14-16)28-27(33)35-15-22-20-10-3-1-8-18(20)19-9-2-4-11-21(19)22/h1-11,14,22-24H,12-13,15H2,(H,28,33)(H,29,30)(H,31,32). The number of carbonyl (C=O) groups excluding carboxylic acids is 2. The van der Waals surface area contributed by atoms with Gasteiger partial charge in [0.05, 0.1) is 6.04 Å². The average Bonchev–Trinajstić information content (AvgIpc) is 3.45. The fourth-order valence-electron chi connectivity index (χ4n) is 4.72. The molecule has 3 aromatic carbocycles. The highest BCUT2D eigenvalue weighted by Crippen LogP contribution is 2.44. The molecule has 35 heavy (non-hydrogen) atoms. The number of benzene rings is 3. The molecule has 8 heteroatoms. The molecule has 2 unspecified atom stereocenters. The summed E-state index contributed by atoms with van der Waals surface area (Å²) in [5.41, 5.74) is 5.22. The van der Waals surface area contributed by atoms with Gasteiger partial charge in [-0.3, -0.25) is 10.1 Å². The Kier molecular flexibility index (Phi) is 6.20. The first-order valence-corrected chi connectivity index (χ1v) is 11.4. The molecule has 1 fully saturated rings. The summed E-state index contributed by atoms with van der Waals surface area (Å²) < 4.78 is 10.7. The van der Waals surface area contributed by atoms with Gasteiger partial charge in [-0.25, -0.2) is 9.59 Å². The molecule has 0 radical (unpaired) electrons. The quantitative estimate of drug-likeness (QED) is 0.499. The number of carbonyl (C=O) groups is 3. The lowest BCUT2D eigenvalue weighted by atomic mass is 9.98. The molecule has 8 nitrogen and oxygen atoms in total. The summed E-state index contributed by atoms with van der Waals surface area (Å²) in [6, 6.07) is 22.0. The Labute approximate surface area is 201 Å². The number of rotatable bonds is 6. The van der Waals surface area contributed by atoms with E-state index in [1.165, 1.54) is 6.07 Å². The predicted octanol–water partition coefficient (Wildman–Crippen LogP) is 4.02. The molecule has 0 saturated carbocycles. The normalized spacial score (nSPS) is 18.4. The van der Waals surface area contributed by atoms with Gasteiger partial charge in [0.2, 0.25) is 0 Å². The Morgan fingerprint density at radius 2 is 1.63 bits per heavy atom. The summed E-state index contributed by atoms with van der Waals surface area (Å²) in [6.07, 6.45) is -1.28. The zero-order chi connectivity index (χ0) is 24.4. The molecule has 0 spiro atoms. The summed E-state index contributed by atoms with van der Waals surface area (Å²) >= 11 is 0. The van der Waals surface area contributed by atoms with Gasteiger partial charge in [0.15, 0.2) is 6.10 Å². The second-order valence-electron chi connectivity index (χ2n) is 8.53.